The Hall–Kier alpha value is -2.56. The number of hydrogen-bond acceptors (Lipinski definition) is 3. The zero-order valence-corrected chi connectivity index (χ0v) is 13.8. The molecule has 6 heteroatoms. The highest BCUT2D eigenvalue weighted by molar-refractivity contribution is 9.10. The molecule has 0 radical (unpaired) electrons. The summed E-state index contributed by atoms with van der Waals surface area (Å²) in [6.07, 6.45) is 0. The molecule has 0 spiro atoms. The summed E-state index contributed by atoms with van der Waals surface area (Å²) < 4.78 is 6.87. The molecule has 2 aromatic carbocycles. The highest BCUT2D eigenvalue weighted by Crippen LogP contribution is 2.28. The van der Waals surface area contributed by atoms with Crippen LogP contribution in [0.1, 0.15) is 11.3 Å². The molecule has 3 aromatic rings. The number of ether oxygens (including phenoxy) is 1. The largest absolute Gasteiger partial charge is 0.472 e. The summed E-state index contributed by atoms with van der Waals surface area (Å²) in [5, 5.41) is 5.49. The molecule has 0 saturated carbocycles. The second-order valence-corrected chi connectivity index (χ2v) is 5.86. The monoisotopic (exact) mass is 368 g/mol. The molecule has 0 fully saturated rings. The molecule has 0 aliphatic rings. The van der Waals surface area contributed by atoms with E-state index in [1.54, 1.807) is 0 Å². The van der Waals surface area contributed by atoms with E-state index in [9.17, 15) is 0 Å². The van der Waals surface area contributed by atoms with Crippen LogP contribution in [0.4, 0.5) is 0 Å². The van der Waals surface area contributed by atoms with Gasteiger partial charge in [-0.25, -0.2) is 4.98 Å². The molecule has 0 aliphatic heterocycles. The molecular weight excluding hydrogens is 356 g/mol. The first-order valence-corrected chi connectivity index (χ1v) is 7.82. The summed E-state index contributed by atoms with van der Waals surface area (Å²) in [5.74, 6) is 0.538. The van der Waals surface area contributed by atoms with Gasteiger partial charge in [0, 0.05) is 14.8 Å². The van der Waals surface area contributed by atoms with E-state index in [1.165, 1.54) is 0 Å². The Bertz CT molecular complexity index is 876. The third kappa shape index (κ3) is 3.80. The van der Waals surface area contributed by atoms with Crippen LogP contribution in [-0.2, 0) is 13.2 Å². The smallest absolute Gasteiger partial charge is 0.221 e. The van der Waals surface area contributed by atoms with Crippen molar-refractivity contribution in [2.45, 2.75) is 13.2 Å². The van der Waals surface area contributed by atoms with Crippen molar-refractivity contribution in [2.75, 3.05) is 0 Å². The zero-order chi connectivity index (χ0) is 16.1. The lowest BCUT2D eigenvalue weighted by atomic mass is 10.1. The first-order valence-electron chi connectivity index (χ1n) is 7.03. The van der Waals surface area contributed by atoms with Gasteiger partial charge in [0.2, 0.25) is 5.88 Å². The summed E-state index contributed by atoms with van der Waals surface area (Å²) in [6, 6.07) is 17.7. The molecule has 3 rings (SSSR count). The lowest BCUT2D eigenvalue weighted by Gasteiger charge is -2.11. The number of azide groups is 1. The summed E-state index contributed by atoms with van der Waals surface area (Å²) >= 11 is 3.47. The van der Waals surface area contributed by atoms with Gasteiger partial charge in [-0.05, 0) is 34.7 Å². The van der Waals surface area contributed by atoms with Gasteiger partial charge in [0.1, 0.15) is 6.61 Å². The van der Waals surface area contributed by atoms with Crippen LogP contribution in [-0.4, -0.2) is 4.98 Å². The minimum absolute atomic E-state index is 0.199. The van der Waals surface area contributed by atoms with Crippen molar-refractivity contribution < 1.29 is 4.74 Å². The van der Waals surface area contributed by atoms with Gasteiger partial charge in [-0.3, -0.25) is 0 Å². The van der Waals surface area contributed by atoms with E-state index in [-0.39, 0.29) is 6.54 Å². The number of fused-ring (bicyclic) bond motifs is 1. The molecule has 23 heavy (non-hydrogen) atoms. The fraction of sp³-hybridized carbons (Fsp3) is 0.118. The molecule has 114 valence electrons. The highest BCUT2D eigenvalue weighted by atomic mass is 79.9. The lowest BCUT2D eigenvalue weighted by molar-refractivity contribution is 0.297. The molecule has 1 aromatic heterocycles. The van der Waals surface area contributed by atoms with Crippen LogP contribution < -0.4 is 4.74 Å². The maximum Gasteiger partial charge on any atom is 0.221 e. The number of halogens is 1. The predicted molar refractivity (Wildman–Crippen MR) is 93.1 cm³/mol. The van der Waals surface area contributed by atoms with Gasteiger partial charge >= 0.3 is 0 Å². The van der Waals surface area contributed by atoms with Gasteiger partial charge in [0.25, 0.3) is 0 Å². The third-order valence-electron chi connectivity index (χ3n) is 3.33. The minimum atomic E-state index is 0.199. The predicted octanol–water partition coefficient (Wildman–Crippen LogP) is 5.39. The van der Waals surface area contributed by atoms with Crippen LogP contribution in [0.5, 0.6) is 5.88 Å². The Labute approximate surface area is 141 Å². The summed E-state index contributed by atoms with van der Waals surface area (Å²) in [7, 11) is 0. The van der Waals surface area contributed by atoms with E-state index >= 15 is 0 Å². The molecule has 0 bridgehead atoms. The second-order valence-electron chi connectivity index (χ2n) is 4.95. The van der Waals surface area contributed by atoms with Gasteiger partial charge in [-0.2, -0.15) is 0 Å². The van der Waals surface area contributed by atoms with Gasteiger partial charge in [-0.1, -0.05) is 57.4 Å². The zero-order valence-electron chi connectivity index (χ0n) is 12.2. The average molecular weight is 369 g/mol. The minimum Gasteiger partial charge on any atom is -0.472 e. The van der Waals surface area contributed by atoms with Crippen LogP contribution in [0.2, 0.25) is 0 Å². The molecule has 0 saturated heterocycles. The van der Waals surface area contributed by atoms with Crippen LogP contribution >= 0.6 is 15.9 Å². The standard InChI is InChI=1S/C17H13BrN4O/c18-14-7-6-13-8-15(10-20-22-19)21-17(16(13)9-14)23-11-12-4-2-1-3-5-12/h1-9H,10-11H2. The van der Waals surface area contributed by atoms with Crippen molar-refractivity contribution in [1.29, 1.82) is 0 Å². The van der Waals surface area contributed by atoms with Crippen LogP contribution in [0.15, 0.2) is 64.2 Å². The Kier molecular flexibility index (Phi) is 4.76. The topological polar surface area (TPSA) is 70.9 Å². The second kappa shape index (κ2) is 7.13. The van der Waals surface area contributed by atoms with Crippen molar-refractivity contribution in [3.8, 4) is 5.88 Å². The molecule has 0 atom stereocenters. The van der Waals surface area contributed by atoms with E-state index in [1.807, 2.05) is 54.6 Å². The molecule has 0 N–H and O–H groups in total. The van der Waals surface area contributed by atoms with Crippen LogP contribution in [0, 0.1) is 0 Å². The first-order chi connectivity index (χ1) is 11.3. The number of rotatable bonds is 5. The number of aromatic nitrogens is 1. The van der Waals surface area contributed by atoms with Crippen molar-refractivity contribution in [2.24, 2.45) is 5.11 Å². The molecular formula is C17H13BrN4O. The quantitative estimate of drug-likeness (QED) is 0.344. The Morgan fingerprint density at radius 2 is 1.96 bits per heavy atom. The lowest BCUT2D eigenvalue weighted by Crippen LogP contribution is -2.00. The van der Waals surface area contributed by atoms with E-state index in [0.717, 1.165) is 20.8 Å². The van der Waals surface area contributed by atoms with Crippen LogP contribution in [0.3, 0.4) is 0 Å². The maximum atomic E-state index is 8.49. The number of benzene rings is 2. The molecule has 1 heterocycles. The van der Waals surface area contributed by atoms with E-state index in [4.69, 9.17) is 10.3 Å². The maximum absolute atomic E-state index is 8.49. The normalized spacial score (nSPS) is 10.3. The fourth-order valence-electron chi connectivity index (χ4n) is 2.26. The molecule has 0 unspecified atom stereocenters. The van der Waals surface area contributed by atoms with Gasteiger partial charge in [0.15, 0.2) is 0 Å². The van der Waals surface area contributed by atoms with E-state index in [2.05, 4.69) is 30.9 Å². The number of nitrogens with zero attached hydrogens (tertiary/aromatic N) is 4. The van der Waals surface area contributed by atoms with Crippen molar-refractivity contribution in [1.82, 2.24) is 4.98 Å². The van der Waals surface area contributed by atoms with Gasteiger partial charge in [-0.15, -0.1) is 0 Å². The third-order valence-corrected chi connectivity index (χ3v) is 3.82. The van der Waals surface area contributed by atoms with Gasteiger partial charge in [0.05, 0.1) is 12.2 Å². The number of pyridine rings is 1. The Morgan fingerprint density at radius 3 is 2.74 bits per heavy atom. The molecule has 0 aliphatic carbocycles. The van der Waals surface area contributed by atoms with Crippen LogP contribution in [0.25, 0.3) is 21.2 Å². The average Bonchev–Trinajstić information content (AvgIpc) is 2.59. The summed E-state index contributed by atoms with van der Waals surface area (Å²) in [4.78, 5) is 7.27. The Morgan fingerprint density at radius 1 is 1.13 bits per heavy atom. The van der Waals surface area contributed by atoms with Gasteiger partial charge < -0.3 is 4.74 Å². The molecule has 0 amide bonds. The molecule has 5 nitrogen and oxygen atoms in total. The SMILES string of the molecule is [N-]=[N+]=NCc1cc2ccc(Br)cc2c(OCc2ccccc2)n1. The fourth-order valence-corrected chi connectivity index (χ4v) is 2.62. The van der Waals surface area contributed by atoms with E-state index < -0.39 is 0 Å². The summed E-state index contributed by atoms with van der Waals surface area (Å²) in [5.41, 5.74) is 10.2. The Balaban J connectivity index is 1.97. The first kappa shape index (κ1) is 15.3. The summed E-state index contributed by atoms with van der Waals surface area (Å²) in [6.45, 7) is 0.630. The van der Waals surface area contributed by atoms with Crippen molar-refractivity contribution in [3.05, 3.63) is 80.8 Å². The highest BCUT2D eigenvalue weighted by Gasteiger charge is 2.08. The van der Waals surface area contributed by atoms with E-state index in [0.29, 0.717) is 18.2 Å². The number of hydrogen-bond donors (Lipinski definition) is 0. The van der Waals surface area contributed by atoms with Crippen molar-refractivity contribution >= 4 is 26.7 Å². The van der Waals surface area contributed by atoms with Crippen molar-refractivity contribution in [3.63, 3.8) is 0 Å².